The fraction of sp³-hybridized carbons (Fsp3) is 0.300. The van der Waals surface area contributed by atoms with Crippen molar-refractivity contribution >= 4 is 11.6 Å². The molecule has 0 bridgehead atoms. The molecule has 4 N–H and O–H groups in total. The highest BCUT2D eigenvalue weighted by atomic mass is 16.5. The molecule has 5 heteroatoms. The van der Waals surface area contributed by atoms with Crippen LogP contribution in [-0.4, -0.2) is 31.3 Å². The number of hydrogen-bond donors (Lipinski definition) is 3. The smallest absolute Gasteiger partial charge is 0.253 e. The van der Waals surface area contributed by atoms with Crippen molar-refractivity contribution in [2.75, 3.05) is 26.0 Å². The average molecular weight is 210 g/mol. The third-order valence-electron chi connectivity index (χ3n) is 1.93. The van der Waals surface area contributed by atoms with Crippen molar-refractivity contribution in [1.82, 2.24) is 5.32 Å². The standard InChI is InChI=1S/C10H14N2O3/c1-15-8-4-2-3-7(9(8)11)10(14)12-5-6-13/h2-4,13H,5-6,11H2,1H3,(H,12,14). The van der Waals surface area contributed by atoms with Gasteiger partial charge in [-0.05, 0) is 12.1 Å². The zero-order valence-electron chi connectivity index (χ0n) is 8.49. The van der Waals surface area contributed by atoms with Gasteiger partial charge in [-0.25, -0.2) is 0 Å². The third kappa shape index (κ3) is 2.60. The van der Waals surface area contributed by atoms with E-state index in [2.05, 4.69) is 5.32 Å². The van der Waals surface area contributed by atoms with Crippen molar-refractivity contribution in [3.8, 4) is 5.75 Å². The molecule has 0 aliphatic carbocycles. The largest absolute Gasteiger partial charge is 0.495 e. The second-order valence-corrected chi connectivity index (χ2v) is 2.90. The summed E-state index contributed by atoms with van der Waals surface area (Å²) >= 11 is 0. The lowest BCUT2D eigenvalue weighted by Gasteiger charge is -2.09. The molecule has 0 fully saturated rings. The zero-order valence-corrected chi connectivity index (χ0v) is 8.49. The highest BCUT2D eigenvalue weighted by Gasteiger charge is 2.11. The van der Waals surface area contributed by atoms with Crippen LogP contribution < -0.4 is 15.8 Å². The Labute approximate surface area is 87.9 Å². The second-order valence-electron chi connectivity index (χ2n) is 2.90. The highest BCUT2D eigenvalue weighted by molar-refractivity contribution is 6.00. The van der Waals surface area contributed by atoms with E-state index in [9.17, 15) is 4.79 Å². The molecule has 0 unspecified atom stereocenters. The SMILES string of the molecule is COc1cccc(C(=O)NCCO)c1N. The monoisotopic (exact) mass is 210 g/mol. The number of nitrogen functional groups attached to an aromatic ring is 1. The van der Waals surface area contributed by atoms with Crippen LogP contribution in [0.25, 0.3) is 0 Å². The van der Waals surface area contributed by atoms with Gasteiger partial charge in [0.05, 0.1) is 25.0 Å². The summed E-state index contributed by atoms with van der Waals surface area (Å²) in [7, 11) is 1.49. The molecule has 1 rings (SSSR count). The fourth-order valence-electron chi connectivity index (χ4n) is 1.18. The fourth-order valence-corrected chi connectivity index (χ4v) is 1.18. The van der Waals surface area contributed by atoms with Gasteiger partial charge in [-0.15, -0.1) is 0 Å². The van der Waals surface area contributed by atoms with E-state index in [1.807, 2.05) is 0 Å². The molecule has 5 nitrogen and oxygen atoms in total. The maximum Gasteiger partial charge on any atom is 0.253 e. The summed E-state index contributed by atoms with van der Waals surface area (Å²) in [4.78, 5) is 11.5. The van der Waals surface area contributed by atoms with Crippen LogP contribution in [-0.2, 0) is 0 Å². The first-order chi connectivity index (χ1) is 7.20. The number of anilines is 1. The van der Waals surface area contributed by atoms with Crippen molar-refractivity contribution in [2.45, 2.75) is 0 Å². The van der Waals surface area contributed by atoms with Gasteiger partial charge in [0.1, 0.15) is 5.75 Å². The van der Waals surface area contributed by atoms with Gasteiger partial charge < -0.3 is 20.9 Å². The predicted octanol–water partition coefficient (Wildman–Crippen LogP) is -0.000500. The Morgan fingerprint density at radius 2 is 2.33 bits per heavy atom. The Morgan fingerprint density at radius 3 is 2.93 bits per heavy atom. The molecule has 0 saturated heterocycles. The minimum Gasteiger partial charge on any atom is -0.495 e. The van der Waals surface area contributed by atoms with Crippen LogP contribution in [0.3, 0.4) is 0 Å². The van der Waals surface area contributed by atoms with Crippen LogP contribution in [0, 0.1) is 0 Å². The molecule has 0 atom stereocenters. The van der Waals surface area contributed by atoms with Crippen molar-refractivity contribution in [2.24, 2.45) is 0 Å². The van der Waals surface area contributed by atoms with Crippen LogP contribution in [0.1, 0.15) is 10.4 Å². The Kier molecular flexibility index (Phi) is 3.93. The van der Waals surface area contributed by atoms with Crippen LogP contribution >= 0.6 is 0 Å². The van der Waals surface area contributed by atoms with Gasteiger partial charge in [-0.3, -0.25) is 4.79 Å². The molecular formula is C10H14N2O3. The number of aliphatic hydroxyl groups excluding tert-OH is 1. The molecule has 0 heterocycles. The number of rotatable bonds is 4. The summed E-state index contributed by atoms with van der Waals surface area (Å²) in [6.07, 6.45) is 0. The Morgan fingerprint density at radius 1 is 1.60 bits per heavy atom. The van der Waals surface area contributed by atoms with E-state index in [0.29, 0.717) is 17.0 Å². The number of methoxy groups -OCH3 is 1. The van der Waals surface area contributed by atoms with Gasteiger partial charge in [0.25, 0.3) is 5.91 Å². The summed E-state index contributed by atoms with van der Waals surface area (Å²) < 4.78 is 4.99. The van der Waals surface area contributed by atoms with Gasteiger partial charge in [-0.1, -0.05) is 6.07 Å². The molecule has 0 spiro atoms. The molecule has 1 aromatic carbocycles. The summed E-state index contributed by atoms with van der Waals surface area (Å²) in [6, 6.07) is 4.96. The first-order valence-electron chi connectivity index (χ1n) is 4.52. The van der Waals surface area contributed by atoms with Crippen molar-refractivity contribution < 1.29 is 14.6 Å². The minimum absolute atomic E-state index is 0.102. The summed E-state index contributed by atoms with van der Waals surface area (Å²) in [6.45, 7) is 0.102. The topological polar surface area (TPSA) is 84.6 Å². The lowest BCUT2D eigenvalue weighted by molar-refractivity contribution is 0.0945. The van der Waals surface area contributed by atoms with Gasteiger partial charge in [0.2, 0.25) is 0 Å². The number of hydrogen-bond acceptors (Lipinski definition) is 4. The number of carbonyl (C=O) groups is 1. The second kappa shape index (κ2) is 5.21. The van der Waals surface area contributed by atoms with E-state index in [4.69, 9.17) is 15.6 Å². The number of nitrogens with one attached hydrogen (secondary N) is 1. The van der Waals surface area contributed by atoms with Crippen molar-refractivity contribution in [1.29, 1.82) is 0 Å². The Hall–Kier alpha value is -1.75. The molecule has 0 aliphatic rings. The summed E-state index contributed by atoms with van der Waals surface area (Å²) in [5, 5.41) is 11.1. The first-order valence-corrected chi connectivity index (χ1v) is 4.52. The Balaban J connectivity index is 2.89. The molecule has 0 aromatic heterocycles. The van der Waals surface area contributed by atoms with E-state index in [1.165, 1.54) is 7.11 Å². The molecule has 1 amide bonds. The maximum atomic E-state index is 11.5. The molecule has 0 aliphatic heterocycles. The molecule has 0 saturated carbocycles. The highest BCUT2D eigenvalue weighted by Crippen LogP contribution is 2.24. The van der Waals surface area contributed by atoms with E-state index in [-0.39, 0.29) is 19.1 Å². The quantitative estimate of drug-likeness (QED) is 0.611. The van der Waals surface area contributed by atoms with Gasteiger partial charge >= 0.3 is 0 Å². The number of carbonyl (C=O) groups excluding carboxylic acids is 1. The van der Waals surface area contributed by atoms with Gasteiger partial charge in [-0.2, -0.15) is 0 Å². The first kappa shape index (κ1) is 11.3. The lowest BCUT2D eigenvalue weighted by atomic mass is 10.1. The van der Waals surface area contributed by atoms with Crippen LogP contribution in [0.15, 0.2) is 18.2 Å². The number of aliphatic hydroxyl groups is 1. The predicted molar refractivity (Wildman–Crippen MR) is 56.8 cm³/mol. The number of ether oxygens (including phenoxy) is 1. The van der Waals surface area contributed by atoms with Crippen molar-refractivity contribution in [3.63, 3.8) is 0 Å². The maximum absolute atomic E-state index is 11.5. The normalized spacial score (nSPS) is 9.73. The minimum atomic E-state index is -0.319. The molecule has 1 aromatic rings. The number of amides is 1. The van der Waals surface area contributed by atoms with Gasteiger partial charge in [0.15, 0.2) is 0 Å². The van der Waals surface area contributed by atoms with Crippen LogP contribution in [0.2, 0.25) is 0 Å². The molecular weight excluding hydrogens is 196 g/mol. The van der Waals surface area contributed by atoms with Crippen LogP contribution in [0.5, 0.6) is 5.75 Å². The zero-order chi connectivity index (χ0) is 11.3. The molecule has 15 heavy (non-hydrogen) atoms. The number of nitrogens with two attached hydrogens (primary N) is 1. The molecule has 0 radical (unpaired) electrons. The molecule has 82 valence electrons. The Bertz CT molecular complexity index is 353. The van der Waals surface area contributed by atoms with E-state index in [0.717, 1.165) is 0 Å². The average Bonchev–Trinajstić information content (AvgIpc) is 2.26. The van der Waals surface area contributed by atoms with Crippen molar-refractivity contribution in [3.05, 3.63) is 23.8 Å². The number of para-hydroxylation sites is 1. The van der Waals surface area contributed by atoms with Crippen LogP contribution in [0.4, 0.5) is 5.69 Å². The van der Waals surface area contributed by atoms with E-state index >= 15 is 0 Å². The van der Waals surface area contributed by atoms with E-state index < -0.39 is 0 Å². The summed E-state index contributed by atoms with van der Waals surface area (Å²) in [5.41, 5.74) is 6.37. The number of benzene rings is 1. The lowest BCUT2D eigenvalue weighted by Crippen LogP contribution is -2.27. The van der Waals surface area contributed by atoms with E-state index in [1.54, 1.807) is 18.2 Å². The summed E-state index contributed by atoms with van der Waals surface area (Å²) in [5.74, 6) is 0.145. The van der Waals surface area contributed by atoms with Gasteiger partial charge in [0, 0.05) is 6.54 Å². The third-order valence-corrected chi connectivity index (χ3v) is 1.93.